The maximum absolute atomic E-state index is 4.81. The lowest BCUT2D eigenvalue weighted by Crippen LogP contribution is -1.83. The molecule has 0 saturated carbocycles. The predicted octanol–water partition coefficient (Wildman–Crippen LogP) is 0.835. The molecule has 0 aliphatic rings. The molecule has 0 aliphatic heterocycles. The van der Waals surface area contributed by atoms with Gasteiger partial charge in [0, 0.05) is 12.5 Å². The van der Waals surface area contributed by atoms with Crippen molar-refractivity contribution in [3.8, 4) is 11.4 Å². The molecule has 0 atom stereocenters. The molecule has 0 bridgehead atoms. The molecule has 0 amide bonds. The van der Waals surface area contributed by atoms with Gasteiger partial charge in [0.2, 0.25) is 11.7 Å². The van der Waals surface area contributed by atoms with E-state index < -0.39 is 0 Å². The van der Waals surface area contributed by atoms with Gasteiger partial charge in [-0.1, -0.05) is 5.16 Å². The Bertz CT molecular complexity index is 370. The topological polar surface area (TPSA) is 64.7 Å². The molecule has 0 radical (unpaired) electrons. The van der Waals surface area contributed by atoms with Crippen molar-refractivity contribution in [1.29, 1.82) is 0 Å². The maximum Gasteiger partial charge on any atom is 0.223 e. The van der Waals surface area contributed by atoms with Crippen molar-refractivity contribution in [2.24, 2.45) is 0 Å². The predicted molar refractivity (Wildman–Crippen MR) is 40.1 cm³/mol. The third-order valence-electron chi connectivity index (χ3n) is 1.37. The van der Waals surface area contributed by atoms with Gasteiger partial charge in [-0.2, -0.15) is 15.2 Å². The van der Waals surface area contributed by atoms with E-state index in [2.05, 4.69) is 20.3 Å². The minimum Gasteiger partial charge on any atom is -0.339 e. The highest BCUT2D eigenvalue weighted by molar-refractivity contribution is 5.51. The Morgan fingerprint density at radius 3 is 2.83 bits per heavy atom. The van der Waals surface area contributed by atoms with E-state index in [9.17, 15) is 0 Å². The summed E-state index contributed by atoms with van der Waals surface area (Å²) in [5.41, 5.74) is 0.807. The molecule has 0 unspecified atom stereocenters. The van der Waals surface area contributed by atoms with E-state index >= 15 is 0 Å². The van der Waals surface area contributed by atoms with E-state index in [1.807, 2.05) is 0 Å². The second kappa shape index (κ2) is 2.69. The van der Waals surface area contributed by atoms with Gasteiger partial charge < -0.3 is 4.52 Å². The first-order valence-electron chi connectivity index (χ1n) is 3.43. The highest BCUT2D eigenvalue weighted by Gasteiger charge is 2.03. The van der Waals surface area contributed by atoms with E-state index in [1.54, 1.807) is 25.4 Å². The number of hydrogen-bond donors (Lipinski definition) is 0. The van der Waals surface area contributed by atoms with E-state index in [4.69, 9.17) is 4.52 Å². The normalized spacial score (nSPS) is 10.1. The highest BCUT2D eigenvalue weighted by atomic mass is 16.5. The molecule has 2 aromatic rings. The van der Waals surface area contributed by atoms with Gasteiger partial charge in [-0.3, -0.25) is 0 Å². The van der Waals surface area contributed by atoms with Crippen molar-refractivity contribution in [3.05, 3.63) is 24.4 Å². The lowest BCUT2D eigenvalue weighted by molar-refractivity contribution is 0.394. The molecule has 2 aromatic heterocycles. The zero-order chi connectivity index (χ0) is 8.39. The van der Waals surface area contributed by atoms with Crippen LogP contribution in [0.1, 0.15) is 5.89 Å². The SMILES string of the molecule is Cc1nc(-c2ccnnc2)no1. The van der Waals surface area contributed by atoms with Gasteiger partial charge in [0.15, 0.2) is 0 Å². The van der Waals surface area contributed by atoms with Gasteiger partial charge >= 0.3 is 0 Å². The quantitative estimate of drug-likeness (QED) is 0.621. The Morgan fingerprint density at radius 1 is 1.33 bits per heavy atom. The van der Waals surface area contributed by atoms with Crippen LogP contribution >= 0.6 is 0 Å². The number of hydrogen-bond acceptors (Lipinski definition) is 5. The lowest BCUT2D eigenvalue weighted by atomic mass is 10.3. The first kappa shape index (κ1) is 6.90. The summed E-state index contributed by atoms with van der Waals surface area (Å²) in [7, 11) is 0. The maximum atomic E-state index is 4.81. The first-order chi connectivity index (χ1) is 5.86. The van der Waals surface area contributed by atoms with Gasteiger partial charge in [0.05, 0.1) is 12.4 Å². The minimum absolute atomic E-state index is 0.543. The Hall–Kier alpha value is -1.78. The number of aromatic nitrogens is 4. The van der Waals surface area contributed by atoms with E-state index in [1.165, 1.54) is 0 Å². The van der Waals surface area contributed by atoms with Crippen LogP contribution in [0.15, 0.2) is 23.0 Å². The van der Waals surface area contributed by atoms with Crippen molar-refractivity contribution in [3.63, 3.8) is 0 Å². The van der Waals surface area contributed by atoms with Gasteiger partial charge in [0.25, 0.3) is 0 Å². The van der Waals surface area contributed by atoms with Gasteiger partial charge in [0.1, 0.15) is 0 Å². The Labute approximate surface area is 68.4 Å². The standard InChI is InChI=1S/C7H6N4O/c1-5-10-7(11-12-5)6-2-3-8-9-4-6/h2-4H,1H3. The smallest absolute Gasteiger partial charge is 0.223 e. The van der Waals surface area contributed by atoms with Crippen LogP contribution < -0.4 is 0 Å². The number of rotatable bonds is 1. The lowest BCUT2D eigenvalue weighted by Gasteiger charge is -1.87. The van der Waals surface area contributed by atoms with Crippen molar-refractivity contribution in [1.82, 2.24) is 20.3 Å². The zero-order valence-electron chi connectivity index (χ0n) is 6.43. The van der Waals surface area contributed by atoms with Crippen LogP contribution in [0.25, 0.3) is 11.4 Å². The largest absolute Gasteiger partial charge is 0.339 e. The number of nitrogens with zero attached hydrogens (tertiary/aromatic N) is 4. The fourth-order valence-electron chi connectivity index (χ4n) is 0.839. The molecule has 5 nitrogen and oxygen atoms in total. The molecule has 5 heteroatoms. The molecule has 60 valence electrons. The van der Waals surface area contributed by atoms with Gasteiger partial charge in [-0.15, -0.1) is 0 Å². The molecular formula is C7H6N4O. The Balaban J connectivity index is 2.45. The summed E-state index contributed by atoms with van der Waals surface area (Å²) in [6, 6.07) is 1.78. The van der Waals surface area contributed by atoms with Crippen molar-refractivity contribution < 1.29 is 4.52 Å². The monoisotopic (exact) mass is 162 g/mol. The second-order valence-corrected chi connectivity index (χ2v) is 2.27. The Morgan fingerprint density at radius 2 is 2.25 bits per heavy atom. The summed E-state index contributed by atoms with van der Waals surface area (Å²) < 4.78 is 4.81. The number of aryl methyl sites for hydroxylation is 1. The van der Waals surface area contributed by atoms with E-state index in [0.717, 1.165) is 5.56 Å². The molecule has 2 heterocycles. The van der Waals surface area contributed by atoms with Crippen molar-refractivity contribution >= 4 is 0 Å². The van der Waals surface area contributed by atoms with E-state index in [-0.39, 0.29) is 0 Å². The third kappa shape index (κ3) is 1.16. The summed E-state index contributed by atoms with van der Waals surface area (Å²) in [4.78, 5) is 4.04. The molecule has 2 rings (SSSR count). The molecule has 0 aliphatic carbocycles. The summed E-state index contributed by atoms with van der Waals surface area (Å²) in [6.07, 6.45) is 3.17. The molecular weight excluding hydrogens is 156 g/mol. The first-order valence-corrected chi connectivity index (χ1v) is 3.43. The van der Waals surface area contributed by atoms with Crippen LogP contribution in [-0.4, -0.2) is 20.3 Å². The highest BCUT2D eigenvalue weighted by Crippen LogP contribution is 2.11. The van der Waals surface area contributed by atoms with Crippen LogP contribution in [0, 0.1) is 6.92 Å². The van der Waals surface area contributed by atoms with Crippen LogP contribution in [0.5, 0.6) is 0 Å². The molecule has 0 aromatic carbocycles. The Kier molecular flexibility index (Phi) is 1.55. The van der Waals surface area contributed by atoms with E-state index in [0.29, 0.717) is 11.7 Å². The summed E-state index contributed by atoms with van der Waals surface area (Å²) in [5, 5.41) is 11.1. The summed E-state index contributed by atoms with van der Waals surface area (Å²) in [5.74, 6) is 1.09. The summed E-state index contributed by atoms with van der Waals surface area (Å²) >= 11 is 0. The van der Waals surface area contributed by atoms with Crippen LogP contribution in [-0.2, 0) is 0 Å². The third-order valence-corrected chi connectivity index (χ3v) is 1.37. The zero-order valence-corrected chi connectivity index (χ0v) is 6.43. The molecule has 0 fully saturated rings. The van der Waals surface area contributed by atoms with Gasteiger partial charge in [-0.05, 0) is 6.07 Å². The fourth-order valence-corrected chi connectivity index (χ4v) is 0.839. The molecule has 0 N–H and O–H groups in total. The summed E-state index contributed by atoms with van der Waals surface area (Å²) in [6.45, 7) is 1.74. The van der Waals surface area contributed by atoms with Crippen LogP contribution in [0.4, 0.5) is 0 Å². The van der Waals surface area contributed by atoms with Crippen molar-refractivity contribution in [2.75, 3.05) is 0 Å². The van der Waals surface area contributed by atoms with Crippen LogP contribution in [0.3, 0.4) is 0 Å². The molecule has 12 heavy (non-hydrogen) atoms. The van der Waals surface area contributed by atoms with Gasteiger partial charge in [-0.25, -0.2) is 0 Å². The molecule has 0 saturated heterocycles. The molecule has 0 spiro atoms. The average Bonchev–Trinajstić information content (AvgIpc) is 2.54. The van der Waals surface area contributed by atoms with Crippen LogP contribution in [0.2, 0.25) is 0 Å². The van der Waals surface area contributed by atoms with Crippen molar-refractivity contribution in [2.45, 2.75) is 6.92 Å². The minimum atomic E-state index is 0.543. The second-order valence-electron chi connectivity index (χ2n) is 2.27. The average molecular weight is 162 g/mol. The fraction of sp³-hybridized carbons (Fsp3) is 0.143.